The van der Waals surface area contributed by atoms with Crippen molar-refractivity contribution in [2.24, 2.45) is 5.41 Å². The van der Waals surface area contributed by atoms with Crippen LogP contribution in [0, 0.1) is 5.41 Å². The van der Waals surface area contributed by atoms with Crippen LogP contribution in [0.5, 0.6) is 0 Å². The molecule has 0 saturated carbocycles. The summed E-state index contributed by atoms with van der Waals surface area (Å²) in [6, 6.07) is 9.00. The van der Waals surface area contributed by atoms with Gasteiger partial charge in [0.15, 0.2) is 0 Å². The van der Waals surface area contributed by atoms with Gasteiger partial charge in [-0.2, -0.15) is 0 Å². The summed E-state index contributed by atoms with van der Waals surface area (Å²) in [6.45, 7) is 9.16. The lowest BCUT2D eigenvalue weighted by Gasteiger charge is -2.17. The Hall–Kier alpha value is -0.780. The standard InChI is InChI=1S/C15H24/c1-5-13-8-6-9-14(12-13)10-7-11-15(2,3)4/h6,8-9,12H,5,7,10-11H2,1-4H3. The van der Waals surface area contributed by atoms with Crippen molar-refractivity contribution in [1.29, 1.82) is 0 Å². The molecule has 0 fully saturated rings. The maximum Gasteiger partial charge on any atom is -0.0279 e. The molecule has 0 N–H and O–H groups in total. The lowest BCUT2D eigenvalue weighted by Crippen LogP contribution is -2.05. The maximum absolute atomic E-state index is 2.35. The van der Waals surface area contributed by atoms with Crippen LogP contribution in [0.3, 0.4) is 0 Å². The smallest absolute Gasteiger partial charge is 0.0279 e. The van der Waals surface area contributed by atoms with Gasteiger partial charge in [-0.15, -0.1) is 0 Å². The highest BCUT2D eigenvalue weighted by molar-refractivity contribution is 5.23. The zero-order valence-electron chi connectivity index (χ0n) is 10.6. The van der Waals surface area contributed by atoms with Gasteiger partial charge in [0.05, 0.1) is 0 Å². The van der Waals surface area contributed by atoms with Crippen LogP contribution in [0.25, 0.3) is 0 Å². The van der Waals surface area contributed by atoms with E-state index in [1.165, 1.54) is 30.4 Å². The summed E-state index contributed by atoms with van der Waals surface area (Å²) in [5.74, 6) is 0. The van der Waals surface area contributed by atoms with Crippen molar-refractivity contribution in [3.8, 4) is 0 Å². The fourth-order valence-electron chi connectivity index (χ4n) is 1.83. The minimum atomic E-state index is 0.475. The Morgan fingerprint density at radius 2 is 1.73 bits per heavy atom. The fourth-order valence-corrected chi connectivity index (χ4v) is 1.83. The number of benzene rings is 1. The Kier molecular flexibility index (Phi) is 4.38. The summed E-state index contributed by atoms with van der Waals surface area (Å²) in [7, 11) is 0. The maximum atomic E-state index is 2.35. The molecule has 0 heteroatoms. The third-order valence-electron chi connectivity index (χ3n) is 2.79. The van der Waals surface area contributed by atoms with Gasteiger partial charge >= 0.3 is 0 Å². The first kappa shape index (κ1) is 12.3. The molecule has 1 aromatic rings. The summed E-state index contributed by atoms with van der Waals surface area (Å²) in [5.41, 5.74) is 3.43. The van der Waals surface area contributed by atoms with Crippen molar-refractivity contribution in [3.05, 3.63) is 35.4 Å². The molecular formula is C15H24. The van der Waals surface area contributed by atoms with Crippen LogP contribution in [0.15, 0.2) is 24.3 Å². The van der Waals surface area contributed by atoms with Crippen molar-refractivity contribution in [3.63, 3.8) is 0 Å². The Morgan fingerprint density at radius 3 is 2.33 bits per heavy atom. The van der Waals surface area contributed by atoms with Gasteiger partial charge in [-0.05, 0) is 42.2 Å². The van der Waals surface area contributed by atoms with Gasteiger partial charge in [0.25, 0.3) is 0 Å². The first-order chi connectivity index (χ1) is 7.01. The molecule has 1 aromatic carbocycles. The summed E-state index contributed by atoms with van der Waals surface area (Å²) >= 11 is 0. The van der Waals surface area contributed by atoms with Gasteiger partial charge < -0.3 is 0 Å². The molecule has 0 saturated heterocycles. The van der Waals surface area contributed by atoms with Crippen LogP contribution in [-0.4, -0.2) is 0 Å². The Balaban J connectivity index is 2.44. The van der Waals surface area contributed by atoms with Crippen molar-refractivity contribution < 1.29 is 0 Å². The molecule has 0 radical (unpaired) electrons. The molecule has 15 heavy (non-hydrogen) atoms. The Bertz CT molecular complexity index is 291. The van der Waals surface area contributed by atoms with E-state index >= 15 is 0 Å². The van der Waals surface area contributed by atoms with E-state index in [9.17, 15) is 0 Å². The average molecular weight is 204 g/mol. The molecular weight excluding hydrogens is 180 g/mol. The predicted molar refractivity (Wildman–Crippen MR) is 68.2 cm³/mol. The predicted octanol–water partition coefficient (Wildman–Crippen LogP) is 4.62. The molecule has 84 valence electrons. The van der Waals surface area contributed by atoms with Crippen molar-refractivity contribution in [2.75, 3.05) is 0 Å². The van der Waals surface area contributed by atoms with Gasteiger partial charge in [-0.25, -0.2) is 0 Å². The molecule has 0 bridgehead atoms. The lowest BCUT2D eigenvalue weighted by atomic mass is 9.89. The molecule has 0 aromatic heterocycles. The highest BCUT2D eigenvalue weighted by Gasteiger charge is 2.09. The van der Waals surface area contributed by atoms with E-state index in [0.717, 1.165) is 6.42 Å². The zero-order valence-corrected chi connectivity index (χ0v) is 10.6. The van der Waals surface area contributed by atoms with E-state index in [2.05, 4.69) is 52.0 Å². The summed E-state index contributed by atoms with van der Waals surface area (Å²) in [5, 5.41) is 0. The van der Waals surface area contributed by atoms with Crippen molar-refractivity contribution >= 4 is 0 Å². The van der Waals surface area contributed by atoms with E-state index in [0.29, 0.717) is 5.41 Å². The summed E-state index contributed by atoms with van der Waals surface area (Å²) < 4.78 is 0. The summed E-state index contributed by atoms with van der Waals surface area (Å²) in [6.07, 6.45) is 4.98. The normalized spacial score (nSPS) is 11.7. The molecule has 1 rings (SSSR count). The molecule has 0 heterocycles. The van der Waals surface area contributed by atoms with Crippen LogP contribution in [0.4, 0.5) is 0 Å². The third-order valence-corrected chi connectivity index (χ3v) is 2.79. The van der Waals surface area contributed by atoms with E-state index in [-0.39, 0.29) is 0 Å². The average Bonchev–Trinajstić information content (AvgIpc) is 2.16. The van der Waals surface area contributed by atoms with Gasteiger partial charge in [0.2, 0.25) is 0 Å². The minimum absolute atomic E-state index is 0.475. The highest BCUT2D eigenvalue weighted by atomic mass is 14.1. The van der Waals surface area contributed by atoms with Crippen LogP contribution in [0.2, 0.25) is 0 Å². The lowest BCUT2D eigenvalue weighted by molar-refractivity contribution is 0.365. The zero-order chi connectivity index (χ0) is 11.3. The molecule has 0 aliphatic rings. The van der Waals surface area contributed by atoms with Crippen LogP contribution < -0.4 is 0 Å². The van der Waals surface area contributed by atoms with Crippen molar-refractivity contribution in [2.45, 2.75) is 53.4 Å². The van der Waals surface area contributed by atoms with Crippen LogP contribution in [0.1, 0.15) is 51.7 Å². The topological polar surface area (TPSA) is 0 Å². The van der Waals surface area contributed by atoms with Gasteiger partial charge in [-0.3, -0.25) is 0 Å². The SMILES string of the molecule is CCc1cccc(CCCC(C)(C)C)c1. The van der Waals surface area contributed by atoms with Gasteiger partial charge in [0, 0.05) is 0 Å². The van der Waals surface area contributed by atoms with E-state index in [1.807, 2.05) is 0 Å². The first-order valence-corrected chi connectivity index (χ1v) is 6.09. The highest BCUT2D eigenvalue weighted by Crippen LogP contribution is 2.22. The van der Waals surface area contributed by atoms with Gasteiger partial charge in [-0.1, -0.05) is 52.0 Å². The number of rotatable bonds is 4. The monoisotopic (exact) mass is 204 g/mol. The third kappa shape index (κ3) is 5.01. The quantitative estimate of drug-likeness (QED) is 0.671. The van der Waals surface area contributed by atoms with Crippen LogP contribution in [-0.2, 0) is 12.8 Å². The van der Waals surface area contributed by atoms with E-state index in [1.54, 1.807) is 0 Å². The second-order valence-corrected chi connectivity index (χ2v) is 5.59. The van der Waals surface area contributed by atoms with Crippen LogP contribution >= 0.6 is 0 Å². The van der Waals surface area contributed by atoms with Crippen molar-refractivity contribution in [1.82, 2.24) is 0 Å². The minimum Gasteiger partial charge on any atom is -0.0617 e. The fraction of sp³-hybridized carbons (Fsp3) is 0.600. The molecule has 0 aliphatic heterocycles. The molecule has 0 spiro atoms. The molecule has 0 atom stereocenters. The number of hydrogen-bond donors (Lipinski definition) is 0. The molecule has 0 aliphatic carbocycles. The number of hydrogen-bond acceptors (Lipinski definition) is 0. The Morgan fingerprint density at radius 1 is 1.07 bits per heavy atom. The first-order valence-electron chi connectivity index (χ1n) is 6.09. The second kappa shape index (κ2) is 5.34. The number of aryl methyl sites for hydroxylation is 2. The summed E-state index contributed by atoms with van der Waals surface area (Å²) in [4.78, 5) is 0. The molecule has 0 unspecified atom stereocenters. The van der Waals surface area contributed by atoms with Gasteiger partial charge in [0.1, 0.15) is 0 Å². The Labute approximate surface area is 94.7 Å². The largest absolute Gasteiger partial charge is 0.0617 e. The van der Waals surface area contributed by atoms with E-state index in [4.69, 9.17) is 0 Å². The molecule has 0 nitrogen and oxygen atoms in total. The molecule has 0 amide bonds. The second-order valence-electron chi connectivity index (χ2n) is 5.59. The van der Waals surface area contributed by atoms with E-state index < -0.39 is 0 Å².